The number of aromatic nitrogens is 2. The van der Waals surface area contributed by atoms with Gasteiger partial charge in [-0.25, -0.2) is 4.98 Å². The molecule has 0 aliphatic carbocycles. The second-order valence-electron chi connectivity index (χ2n) is 6.22. The number of pyridine rings is 1. The highest BCUT2D eigenvalue weighted by atomic mass is 16.2. The quantitative estimate of drug-likeness (QED) is 0.812. The number of unbranched alkanes of at least 4 members (excludes halogenated alkanes) is 1. The average molecular weight is 337 g/mol. The van der Waals surface area contributed by atoms with Gasteiger partial charge in [-0.3, -0.25) is 4.79 Å². The summed E-state index contributed by atoms with van der Waals surface area (Å²) in [4.78, 5) is 22.0. The minimum absolute atomic E-state index is 0.0428. The summed E-state index contributed by atoms with van der Waals surface area (Å²) in [7, 11) is 0. The Kier molecular flexibility index (Phi) is 5.34. The zero-order valence-electron chi connectivity index (χ0n) is 14.5. The van der Waals surface area contributed by atoms with Crippen LogP contribution >= 0.6 is 0 Å². The predicted octanol–water partition coefficient (Wildman–Crippen LogP) is 3.20. The van der Waals surface area contributed by atoms with Crippen molar-refractivity contribution in [2.24, 2.45) is 0 Å². The molecule has 0 saturated heterocycles. The van der Waals surface area contributed by atoms with Gasteiger partial charge < -0.3 is 15.2 Å². The highest BCUT2D eigenvalue weighted by Crippen LogP contribution is 2.31. The maximum absolute atomic E-state index is 12.8. The lowest BCUT2D eigenvalue weighted by molar-refractivity contribution is 0.0751. The van der Waals surface area contributed by atoms with Gasteiger partial charge in [0.15, 0.2) is 0 Å². The van der Waals surface area contributed by atoms with Crippen LogP contribution < -0.4 is 5.32 Å². The molecule has 6 nitrogen and oxygen atoms in total. The molecule has 2 N–H and O–H groups in total. The van der Waals surface area contributed by atoms with Crippen molar-refractivity contribution < 1.29 is 4.79 Å². The Labute approximate surface area is 147 Å². The van der Waals surface area contributed by atoms with Crippen molar-refractivity contribution in [3.05, 3.63) is 35.8 Å². The fraction of sp³-hybridized carbons (Fsp3) is 0.421. The molecule has 0 unspecified atom stereocenters. The van der Waals surface area contributed by atoms with E-state index >= 15 is 0 Å². The summed E-state index contributed by atoms with van der Waals surface area (Å²) in [6.45, 7) is 4.14. The monoisotopic (exact) mass is 337 g/mol. The lowest BCUT2D eigenvalue weighted by Gasteiger charge is -2.20. The SMILES string of the molecule is CCCCN(CCC#N)C(=O)c1cc(-c2ccnc3c2CCN3)c[nH]1. The van der Waals surface area contributed by atoms with Gasteiger partial charge in [0.1, 0.15) is 11.5 Å². The van der Waals surface area contributed by atoms with Gasteiger partial charge in [-0.15, -0.1) is 0 Å². The van der Waals surface area contributed by atoms with E-state index in [0.29, 0.717) is 25.2 Å². The molecule has 1 aliphatic rings. The van der Waals surface area contributed by atoms with E-state index in [0.717, 1.165) is 42.8 Å². The minimum Gasteiger partial charge on any atom is -0.369 e. The van der Waals surface area contributed by atoms with Crippen LogP contribution in [0.2, 0.25) is 0 Å². The number of hydrogen-bond donors (Lipinski definition) is 2. The summed E-state index contributed by atoms with van der Waals surface area (Å²) in [5.74, 6) is 0.893. The normalized spacial score (nSPS) is 12.3. The number of nitriles is 1. The first-order valence-corrected chi connectivity index (χ1v) is 8.81. The van der Waals surface area contributed by atoms with Crippen molar-refractivity contribution in [2.45, 2.75) is 32.6 Å². The molecule has 25 heavy (non-hydrogen) atoms. The van der Waals surface area contributed by atoms with E-state index in [4.69, 9.17) is 5.26 Å². The number of aromatic amines is 1. The summed E-state index contributed by atoms with van der Waals surface area (Å²) in [6, 6.07) is 6.02. The zero-order valence-corrected chi connectivity index (χ0v) is 14.5. The summed E-state index contributed by atoms with van der Waals surface area (Å²) in [5, 5.41) is 12.1. The van der Waals surface area contributed by atoms with Crippen LogP contribution in [0.5, 0.6) is 0 Å². The van der Waals surface area contributed by atoms with Crippen LogP contribution in [-0.4, -0.2) is 40.4 Å². The molecule has 2 aromatic rings. The molecule has 3 heterocycles. The van der Waals surface area contributed by atoms with Crippen LogP contribution in [0, 0.1) is 11.3 Å². The maximum Gasteiger partial charge on any atom is 0.270 e. The first-order chi connectivity index (χ1) is 12.2. The predicted molar refractivity (Wildman–Crippen MR) is 97.3 cm³/mol. The summed E-state index contributed by atoms with van der Waals surface area (Å²) in [5.41, 5.74) is 3.89. The fourth-order valence-electron chi connectivity index (χ4n) is 3.17. The minimum atomic E-state index is -0.0428. The number of H-pyrrole nitrogens is 1. The van der Waals surface area contributed by atoms with Crippen molar-refractivity contribution in [1.29, 1.82) is 5.26 Å². The maximum atomic E-state index is 12.8. The number of fused-ring (bicyclic) bond motifs is 1. The molecule has 2 aromatic heterocycles. The largest absolute Gasteiger partial charge is 0.369 e. The van der Waals surface area contributed by atoms with Crippen LogP contribution in [-0.2, 0) is 6.42 Å². The Hall–Kier alpha value is -2.81. The molecule has 0 spiro atoms. The molecule has 130 valence electrons. The Morgan fingerprint density at radius 2 is 2.32 bits per heavy atom. The molecule has 0 atom stereocenters. The second-order valence-corrected chi connectivity index (χ2v) is 6.22. The molecule has 0 radical (unpaired) electrons. The highest BCUT2D eigenvalue weighted by molar-refractivity contribution is 5.94. The van der Waals surface area contributed by atoms with Crippen molar-refractivity contribution in [3.63, 3.8) is 0 Å². The molecular weight excluding hydrogens is 314 g/mol. The third kappa shape index (κ3) is 3.66. The molecule has 0 aromatic carbocycles. The van der Waals surface area contributed by atoms with E-state index in [1.54, 1.807) is 11.1 Å². The molecule has 1 amide bonds. The number of anilines is 1. The fourth-order valence-corrected chi connectivity index (χ4v) is 3.17. The molecule has 3 rings (SSSR count). The number of nitrogens with one attached hydrogen (secondary N) is 2. The second kappa shape index (κ2) is 7.84. The summed E-state index contributed by atoms with van der Waals surface area (Å²) in [6.07, 6.45) is 6.92. The Morgan fingerprint density at radius 3 is 3.12 bits per heavy atom. The Bertz CT molecular complexity index is 789. The van der Waals surface area contributed by atoms with E-state index in [9.17, 15) is 4.79 Å². The third-order valence-electron chi connectivity index (χ3n) is 4.51. The molecule has 0 fully saturated rings. The highest BCUT2D eigenvalue weighted by Gasteiger charge is 2.20. The molecular formula is C19H23N5O. The Balaban J connectivity index is 1.81. The van der Waals surface area contributed by atoms with Crippen LogP contribution in [0.3, 0.4) is 0 Å². The van der Waals surface area contributed by atoms with E-state index in [1.165, 1.54) is 5.56 Å². The van der Waals surface area contributed by atoms with Gasteiger partial charge in [-0.1, -0.05) is 13.3 Å². The first-order valence-electron chi connectivity index (χ1n) is 8.81. The zero-order chi connectivity index (χ0) is 17.6. The first kappa shape index (κ1) is 17.0. The molecule has 1 aliphatic heterocycles. The standard InChI is InChI=1S/C19H23N5O/c1-2-3-10-24(11-4-7-20)19(25)17-12-14(13-23-17)15-5-8-21-18-16(15)6-9-22-18/h5,8,12-13,23H,2-4,6,9-11H2,1H3,(H,21,22). The molecule has 6 heteroatoms. The number of amides is 1. The number of nitrogens with zero attached hydrogens (tertiary/aromatic N) is 3. The number of rotatable bonds is 7. The molecule has 0 bridgehead atoms. The van der Waals surface area contributed by atoms with Gasteiger partial charge in [0.05, 0.1) is 12.5 Å². The topological polar surface area (TPSA) is 84.8 Å². The van der Waals surface area contributed by atoms with E-state index < -0.39 is 0 Å². The van der Waals surface area contributed by atoms with Crippen LogP contribution in [0.4, 0.5) is 5.82 Å². The number of hydrogen-bond acceptors (Lipinski definition) is 4. The smallest absolute Gasteiger partial charge is 0.270 e. The van der Waals surface area contributed by atoms with Crippen molar-refractivity contribution in [3.8, 4) is 17.2 Å². The van der Waals surface area contributed by atoms with Crippen LogP contribution in [0.1, 0.15) is 42.2 Å². The average Bonchev–Trinajstić information content (AvgIpc) is 3.30. The molecule has 0 saturated carbocycles. The summed E-state index contributed by atoms with van der Waals surface area (Å²) < 4.78 is 0. The number of carbonyl (C=O) groups is 1. The van der Waals surface area contributed by atoms with Crippen molar-refractivity contribution in [1.82, 2.24) is 14.9 Å². The van der Waals surface area contributed by atoms with Crippen molar-refractivity contribution in [2.75, 3.05) is 25.0 Å². The van der Waals surface area contributed by atoms with Gasteiger partial charge in [0.25, 0.3) is 5.91 Å². The number of carbonyl (C=O) groups excluding carboxylic acids is 1. The van der Waals surface area contributed by atoms with Gasteiger partial charge in [0.2, 0.25) is 0 Å². The van der Waals surface area contributed by atoms with Gasteiger partial charge in [0, 0.05) is 43.2 Å². The van der Waals surface area contributed by atoms with Crippen LogP contribution in [0.25, 0.3) is 11.1 Å². The van der Waals surface area contributed by atoms with Crippen LogP contribution in [0.15, 0.2) is 24.5 Å². The lowest BCUT2D eigenvalue weighted by Crippen LogP contribution is -2.33. The van der Waals surface area contributed by atoms with Crippen molar-refractivity contribution >= 4 is 11.7 Å². The van der Waals surface area contributed by atoms with E-state index in [2.05, 4.69) is 28.3 Å². The Morgan fingerprint density at radius 1 is 1.44 bits per heavy atom. The van der Waals surface area contributed by atoms with Gasteiger partial charge in [-0.05, 0) is 30.5 Å². The van der Waals surface area contributed by atoms with E-state index in [-0.39, 0.29) is 5.91 Å². The van der Waals surface area contributed by atoms with E-state index in [1.807, 2.05) is 18.3 Å². The van der Waals surface area contributed by atoms with Gasteiger partial charge in [-0.2, -0.15) is 5.26 Å². The third-order valence-corrected chi connectivity index (χ3v) is 4.51. The summed E-state index contributed by atoms with van der Waals surface area (Å²) >= 11 is 0. The lowest BCUT2D eigenvalue weighted by atomic mass is 10.0. The van der Waals surface area contributed by atoms with Gasteiger partial charge >= 0.3 is 0 Å².